The van der Waals surface area contributed by atoms with Crippen LogP contribution in [-0.2, 0) is 0 Å². The second-order valence-corrected chi connectivity index (χ2v) is 14.0. The largest absolute Gasteiger partial charge is 0.309 e. The number of nitriles is 2. The Balaban J connectivity index is 1.09. The van der Waals surface area contributed by atoms with Crippen LogP contribution in [0.15, 0.2) is 176 Å². The van der Waals surface area contributed by atoms with Crippen molar-refractivity contribution in [1.29, 1.82) is 10.5 Å². The van der Waals surface area contributed by atoms with Gasteiger partial charge < -0.3 is 13.7 Å². The van der Waals surface area contributed by atoms with Gasteiger partial charge >= 0.3 is 0 Å². The molecule has 11 aromatic rings. The summed E-state index contributed by atoms with van der Waals surface area (Å²) in [5, 5.41) is 27.0. The summed E-state index contributed by atoms with van der Waals surface area (Å²) in [6.45, 7) is 0. The average molecular weight is 700 g/mol. The Hall–Kier alpha value is -7.86. The Morgan fingerprint density at radius 3 is 1.35 bits per heavy atom. The molecule has 0 spiro atoms. The predicted molar refractivity (Wildman–Crippen MR) is 224 cm³/mol. The first-order valence-corrected chi connectivity index (χ1v) is 18.3. The van der Waals surface area contributed by atoms with Crippen molar-refractivity contribution in [3.63, 3.8) is 0 Å². The number of hydrogen-bond donors (Lipinski definition) is 0. The molecule has 0 N–H and O–H groups in total. The lowest BCUT2D eigenvalue weighted by atomic mass is 9.99. The zero-order valence-corrected chi connectivity index (χ0v) is 29.5. The van der Waals surface area contributed by atoms with Crippen molar-refractivity contribution in [3.05, 3.63) is 187 Å². The summed E-state index contributed by atoms with van der Waals surface area (Å²) in [7, 11) is 0. The van der Waals surface area contributed by atoms with E-state index in [1.54, 1.807) is 0 Å². The molecule has 0 aliphatic carbocycles. The Morgan fingerprint density at radius 1 is 0.327 bits per heavy atom. The van der Waals surface area contributed by atoms with Crippen molar-refractivity contribution < 1.29 is 0 Å². The van der Waals surface area contributed by atoms with E-state index < -0.39 is 0 Å². The highest BCUT2D eigenvalue weighted by atomic mass is 15.0. The summed E-state index contributed by atoms with van der Waals surface area (Å²) in [5.41, 5.74) is 12.8. The van der Waals surface area contributed by atoms with Gasteiger partial charge in [0.25, 0.3) is 0 Å². The van der Waals surface area contributed by atoms with Crippen LogP contribution in [0.3, 0.4) is 0 Å². The monoisotopic (exact) mass is 699 g/mol. The van der Waals surface area contributed by atoms with Crippen LogP contribution in [0.1, 0.15) is 11.1 Å². The molecule has 3 aromatic heterocycles. The molecule has 5 nitrogen and oxygen atoms in total. The third kappa shape index (κ3) is 4.51. The number of rotatable bonds is 4. The summed E-state index contributed by atoms with van der Waals surface area (Å²) in [4.78, 5) is 0. The summed E-state index contributed by atoms with van der Waals surface area (Å²) >= 11 is 0. The highest BCUT2D eigenvalue weighted by Gasteiger charge is 2.19. The van der Waals surface area contributed by atoms with Crippen LogP contribution in [-0.4, -0.2) is 13.7 Å². The molecule has 3 heterocycles. The Bertz CT molecular complexity index is 3420. The van der Waals surface area contributed by atoms with E-state index in [1.807, 2.05) is 36.4 Å². The molecule has 0 aliphatic rings. The maximum Gasteiger partial charge on any atom is 0.0998 e. The van der Waals surface area contributed by atoms with Crippen LogP contribution in [0.2, 0.25) is 0 Å². The van der Waals surface area contributed by atoms with E-state index in [2.05, 4.69) is 165 Å². The molecule has 11 rings (SSSR count). The maximum absolute atomic E-state index is 10.4. The molecule has 254 valence electrons. The first kappa shape index (κ1) is 30.7. The van der Waals surface area contributed by atoms with E-state index in [0.29, 0.717) is 11.1 Å². The molecular weight excluding hydrogens is 671 g/mol. The number of fused-ring (bicyclic) bond motifs is 9. The third-order valence-corrected chi connectivity index (χ3v) is 11.1. The van der Waals surface area contributed by atoms with Crippen molar-refractivity contribution in [2.24, 2.45) is 0 Å². The highest BCUT2D eigenvalue weighted by molar-refractivity contribution is 6.13. The van der Waals surface area contributed by atoms with E-state index >= 15 is 0 Å². The van der Waals surface area contributed by atoms with Gasteiger partial charge in [-0.2, -0.15) is 10.5 Å². The zero-order chi connectivity index (χ0) is 36.6. The number of benzene rings is 8. The van der Waals surface area contributed by atoms with Crippen LogP contribution in [0.5, 0.6) is 0 Å². The van der Waals surface area contributed by atoms with Crippen molar-refractivity contribution in [2.75, 3.05) is 0 Å². The fraction of sp³-hybridized carbons (Fsp3) is 0. The standard InChI is InChI=1S/C50H29N5/c51-30-32-20-24-49-43(26-32)40-14-3-7-18-47(40)53(49)35-11-9-10-33(27-35)42-28-36(22-21-34(42)31-52)55-48-19-8-4-15-41(48)44-29-37(23-25-50(44)55)54-45-16-5-1-12-38(45)39-13-2-6-17-46(39)54/h1-29H. The fourth-order valence-corrected chi connectivity index (χ4v) is 8.72. The van der Waals surface area contributed by atoms with E-state index in [1.165, 1.54) is 27.2 Å². The van der Waals surface area contributed by atoms with Gasteiger partial charge in [-0.05, 0) is 96.6 Å². The lowest BCUT2D eigenvalue weighted by Crippen LogP contribution is -1.98. The van der Waals surface area contributed by atoms with Gasteiger partial charge in [0.15, 0.2) is 0 Å². The smallest absolute Gasteiger partial charge is 0.0998 e. The van der Waals surface area contributed by atoms with Gasteiger partial charge in [-0.3, -0.25) is 0 Å². The van der Waals surface area contributed by atoms with Gasteiger partial charge in [0, 0.05) is 54.9 Å². The quantitative estimate of drug-likeness (QED) is 0.184. The minimum atomic E-state index is 0.608. The topological polar surface area (TPSA) is 62.4 Å². The normalized spacial score (nSPS) is 11.6. The van der Waals surface area contributed by atoms with Crippen LogP contribution < -0.4 is 0 Å². The van der Waals surface area contributed by atoms with Gasteiger partial charge in [-0.25, -0.2) is 0 Å². The first-order chi connectivity index (χ1) is 27.2. The van der Waals surface area contributed by atoms with Crippen molar-refractivity contribution >= 4 is 65.4 Å². The van der Waals surface area contributed by atoms with Crippen molar-refractivity contribution in [3.8, 4) is 40.3 Å². The Kier molecular flexibility index (Phi) is 6.61. The molecule has 0 bridgehead atoms. The molecule has 0 radical (unpaired) electrons. The number of para-hydroxylation sites is 4. The van der Waals surface area contributed by atoms with Gasteiger partial charge in [0.05, 0.1) is 56.4 Å². The molecule has 55 heavy (non-hydrogen) atoms. The SMILES string of the molecule is N#Cc1ccc2c(c1)c1ccccc1n2-c1cccc(-c2cc(-n3c4ccccc4c4cc(-n5c6ccccc6c6ccccc65)ccc43)ccc2C#N)c1. The lowest BCUT2D eigenvalue weighted by molar-refractivity contribution is 1.16. The van der Waals surface area contributed by atoms with Crippen LogP contribution >= 0.6 is 0 Å². The Morgan fingerprint density at radius 2 is 0.782 bits per heavy atom. The van der Waals surface area contributed by atoms with Gasteiger partial charge in [0.1, 0.15) is 0 Å². The molecule has 0 saturated heterocycles. The van der Waals surface area contributed by atoms with E-state index in [9.17, 15) is 10.5 Å². The first-order valence-electron chi connectivity index (χ1n) is 18.3. The summed E-state index contributed by atoms with van der Waals surface area (Å²) in [6.07, 6.45) is 0. The van der Waals surface area contributed by atoms with Crippen LogP contribution in [0, 0.1) is 22.7 Å². The predicted octanol–water partition coefficient (Wildman–Crippen LogP) is 12.4. The number of hydrogen-bond acceptors (Lipinski definition) is 2. The minimum Gasteiger partial charge on any atom is -0.309 e. The number of aromatic nitrogens is 3. The molecule has 5 heteroatoms. The molecule has 0 atom stereocenters. The van der Waals surface area contributed by atoms with E-state index in [0.717, 1.165) is 66.4 Å². The van der Waals surface area contributed by atoms with Crippen LogP contribution in [0.25, 0.3) is 93.6 Å². The highest BCUT2D eigenvalue weighted by Crippen LogP contribution is 2.39. The second-order valence-electron chi connectivity index (χ2n) is 14.0. The van der Waals surface area contributed by atoms with Gasteiger partial charge in [-0.1, -0.05) is 84.9 Å². The third-order valence-electron chi connectivity index (χ3n) is 11.1. The maximum atomic E-state index is 10.4. The Labute approximate surface area is 316 Å². The minimum absolute atomic E-state index is 0.608. The zero-order valence-electron chi connectivity index (χ0n) is 29.5. The summed E-state index contributed by atoms with van der Waals surface area (Å²) in [6, 6.07) is 66.0. The molecule has 0 fully saturated rings. The van der Waals surface area contributed by atoms with Crippen LogP contribution in [0.4, 0.5) is 0 Å². The van der Waals surface area contributed by atoms with E-state index in [-0.39, 0.29) is 0 Å². The fourth-order valence-electron chi connectivity index (χ4n) is 8.72. The summed E-state index contributed by atoms with van der Waals surface area (Å²) in [5.74, 6) is 0. The molecule has 0 saturated carbocycles. The van der Waals surface area contributed by atoms with Crippen molar-refractivity contribution in [2.45, 2.75) is 0 Å². The molecule has 8 aromatic carbocycles. The molecule has 0 amide bonds. The molecular formula is C50H29N5. The molecule has 0 unspecified atom stereocenters. The van der Waals surface area contributed by atoms with Gasteiger partial charge in [0.2, 0.25) is 0 Å². The number of nitrogens with zero attached hydrogens (tertiary/aromatic N) is 5. The molecule has 0 aliphatic heterocycles. The second kappa shape index (κ2) is 11.8. The lowest BCUT2D eigenvalue weighted by Gasteiger charge is -2.14. The average Bonchev–Trinajstić information content (AvgIpc) is 3.89. The summed E-state index contributed by atoms with van der Waals surface area (Å²) < 4.78 is 6.92. The van der Waals surface area contributed by atoms with Gasteiger partial charge in [-0.15, -0.1) is 0 Å². The van der Waals surface area contributed by atoms with Crippen molar-refractivity contribution in [1.82, 2.24) is 13.7 Å². The van der Waals surface area contributed by atoms with E-state index in [4.69, 9.17) is 0 Å².